The number of rotatable bonds is 6. The highest BCUT2D eigenvalue weighted by molar-refractivity contribution is 5.89. The van der Waals surface area contributed by atoms with E-state index < -0.39 is 30.2 Å². The topological polar surface area (TPSA) is 79.2 Å². The molecule has 1 N–H and O–H groups in total. The van der Waals surface area contributed by atoms with Crippen molar-refractivity contribution in [1.82, 2.24) is 5.32 Å². The summed E-state index contributed by atoms with van der Waals surface area (Å²) in [5.41, 5.74) is -0.653. The number of hydrogen-bond donors (Lipinski definition) is 1. The molecule has 1 aromatic rings. The van der Waals surface area contributed by atoms with Crippen LogP contribution in [0.25, 0.3) is 6.08 Å². The van der Waals surface area contributed by atoms with E-state index in [2.05, 4.69) is 10.1 Å². The van der Waals surface area contributed by atoms with Gasteiger partial charge in [-0.1, -0.05) is 12.1 Å². The SMILES string of the molecule is N#CCCNC(=O)COC(=O)/C=C/c1cccc(C(F)(F)F)c1. The predicted molar refractivity (Wildman–Crippen MR) is 74.7 cm³/mol. The molecule has 0 aliphatic heterocycles. The van der Waals surface area contributed by atoms with Crippen LogP contribution in [0, 0.1) is 11.3 Å². The van der Waals surface area contributed by atoms with E-state index in [0.29, 0.717) is 0 Å². The minimum absolute atomic E-state index is 0.134. The van der Waals surface area contributed by atoms with Crippen LogP contribution in [0.3, 0.4) is 0 Å². The molecule has 1 aromatic carbocycles. The van der Waals surface area contributed by atoms with Crippen LogP contribution in [0.2, 0.25) is 0 Å². The van der Waals surface area contributed by atoms with Gasteiger partial charge < -0.3 is 10.1 Å². The van der Waals surface area contributed by atoms with Crippen molar-refractivity contribution < 1.29 is 27.5 Å². The molecule has 23 heavy (non-hydrogen) atoms. The van der Waals surface area contributed by atoms with Gasteiger partial charge in [0.05, 0.1) is 18.1 Å². The summed E-state index contributed by atoms with van der Waals surface area (Å²) < 4.78 is 42.2. The molecule has 0 fully saturated rings. The van der Waals surface area contributed by atoms with Gasteiger partial charge in [0.1, 0.15) is 0 Å². The summed E-state index contributed by atoms with van der Waals surface area (Å²) >= 11 is 0. The van der Waals surface area contributed by atoms with Crippen LogP contribution < -0.4 is 5.32 Å². The van der Waals surface area contributed by atoms with Crippen molar-refractivity contribution in [2.75, 3.05) is 13.2 Å². The normalized spacial score (nSPS) is 11.0. The zero-order valence-corrected chi connectivity index (χ0v) is 11.9. The number of nitriles is 1. The Labute approximate surface area is 130 Å². The molecule has 0 saturated heterocycles. The number of esters is 1. The van der Waals surface area contributed by atoms with E-state index in [1.807, 2.05) is 6.07 Å². The number of carbonyl (C=O) groups excluding carboxylic acids is 2. The largest absolute Gasteiger partial charge is 0.452 e. The van der Waals surface area contributed by atoms with Gasteiger partial charge in [-0.15, -0.1) is 0 Å². The minimum atomic E-state index is -4.47. The first-order chi connectivity index (χ1) is 10.8. The van der Waals surface area contributed by atoms with Gasteiger partial charge in [-0.05, 0) is 23.8 Å². The van der Waals surface area contributed by atoms with Crippen LogP contribution in [0.4, 0.5) is 13.2 Å². The highest BCUT2D eigenvalue weighted by Gasteiger charge is 2.30. The first kappa shape index (κ1) is 18.2. The second-order valence-electron chi connectivity index (χ2n) is 4.32. The van der Waals surface area contributed by atoms with E-state index in [-0.39, 0.29) is 18.5 Å². The molecule has 1 rings (SSSR count). The van der Waals surface area contributed by atoms with Gasteiger partial charge in [0.15, 0.2) is 6.61 Å². The zero-order chi connectivity index (χ0) is 17.3. The first-order valence-corrected chi connectivity index (χ1v) is 6.48. The Balaban J connectivity index is 2.50. The van der Waals surface area contributed by atoms with Crippen LogP contribution in [-0.2, 0) is 20.5 Å². The van der Waals surface area contributed by atoms with Crippen LogP contribution in [-0.4, -0.2) is 25.0 Å². The summed E-state index contributed by atoms with van der Waals surface area (Å²) in [7, 11) is 0. The van der Waals surface area contributed by atoms with E-state index in [1.54, 1.807) is 0 Å². The Kier molecular flexibility index (Phi) is 6.80. The predicted octanol–water partition coefficient (Wildman–Crippen LogP) is 2.29. The lowest BCUT2D eigenvalue weighted by atomic mass is 10.1. The van der Waals surface area contributed by atoms with Crippen molar-refractivity contribution in [2.24, 2.45) is 0 Å². The van der Waals surface area contributed by atoms with Gasteiger partial charge >= 0.3 is 12.1 Å². The number of halogens is 3. The quantitative estimate of drug-likeness (QED) is 0.494. The molecule has 0 spiro atoms. The zero-order valence-electron chi connectivity index (χ0n) is 11.9. The summed E-state index contributed by atoms with van der Waals surface area (Å²) in [5.74, 6) is -1.43. The molecule has 0 unspecified atom stereocenters. The molecular weight excluding hydrogens is 313 g/mol. The molecule has 0 atom stereocenters. The third-order valence-corrected chi connectivity index (χ3v) is 2.53. The molecule has 8 heteroatoms. The van der Waals surface area contributed by atoms with Crippen molar-refractivity contribution in [1.29, 1.82) is 5.26 Å². The molecule has 0 aliphatic rings. The van der Waals surface area contributed by atoms with Crippen LogP contribution in [0.15, 0.2) is 30.3 Å². The lowest BCUT2D eigenvalue weighted by Gasteiger charge is -2.06. The first-order valence-electron chi connectivity index (χ1n) is 6.48. The number of amides is 1. The Hall–Kier alpha value is -2.82. The number of carbonyl (C=O) groups is 2. The summed E-state index contributed by atoms with van der Waals surface area (Å²) in [4.78, 5) is 22.6. The Morgan fingerprint density at radius 2 is 2.09 bits per heavy atom. The fraction of sp³-hybridized carbons (Fsp3) is 0.267. The molecule has 1 amide bonds. The van der Waals surface area contributed by atoms with Gasteiger partial charge in [-0.25, -0.2) is 4.79 Å². The fourth-order valence-corrected chi connectivity index (χ4v) is 1.48. The third kappa shape index (κ3) is 7.13. The van der Waals surface area contributed by atoms with Crippen LogP contribution >= 0.6 is 0 Å². The molecular formula is C15H13F3N2O3. The standard InChI is InChI=1S/C15H13F3N2O3/c16-15(17,18)12-4-1-3-11(9-12)5-6-14(22)23-10-13(21)20-8-2-7-19/h1,3-6,9H,2,8,10H2,(H,20,21)/b6-5+. The number of benzene rings is 1. The number of nitrogens with zero attached hydrogens (tertiary/aromatic N) is 1. The van der Waals surface area contributed by atoms with Crippen molar-refractivity contribution in [3.8, 4) is 6.07 Å². The fourth-order valence-electron chi connectivity index (χ4n) is 1.48. The lowest BCUT2D eigenvalue weighted by Crippen LogP contribution is -2.29. The number of hydrogen-bond acceptors (Lipinski definition) is 4. The number of ether oxygens (including phenoxy) is 1. The van der Waals surface area contributed by atoms with E-state index in [0.717, 1.165) is 24.3 Å². The third-order valence-electron chi connectivity index (χ3n) is 2.53. The maximum absolute atomic E-state index is 12.5. The molecule has 0 heterocycles. The maximum atomic E-state index is 12.5. The molecule has 5 nitrogen and oxygen atoms in total. The summed E-state index contributed by atoms with van der Waals surface area (Å²) in [6.45, 7) is -0.385. The second-order valence-corrected chi connectivity index (χ2v) is 4.32. The molecule has 122 valence electrons. The Morgan fingerprint density at radius 1 is 1.35 bits per heavy atom. The van der Waals surface area contributed by atoms with E-state index in [4.69, 9.17) is 5.26 Å². The van der Waals surface area contributed by atoms with E-state index in [1.165, 1.54) is 12.1 Å². The highest BCUT2D eigenvalue weighted by atomic mass is 19.4. The molecule has 0 radical (unpaired) electrons. The minimum Gasteiger partial charge on any atom is -0.452 e. The summed E-state index contributed by atoms with van der Waals surface area (Å²) in [6, 6.07) is 6.25. The van der Waals surface area contributed by atoms with Gasteiger partial charge in [-0.2, -0.15) is 18.4 Å². The smallest absolute Gasteiger partial charge is 0.416 e. The molecule has 0 bridgehead atoms. The number of nitrogens with one attached hydrogen (secondary N) is 1. The summed E-state index contributed by atoms with van der Waals surface area (Å²) in [5, 5.41) is 10.6. The van der Waals surface area contributed by atoms with Crippen molar-refractivity contribution >= 4 is 18.0 Å². The van der Waals surface area contributed by atoms with Crippen LogP contribution in [0.1, 0.15) is 17.5 Å². The maximum Gasteiger partial charge on any atom is 0.416 e. The monoisotopic (exact) mass is 326 g/mol. The molecule has 0 aromatic heterocycles. The molecule has 0 aliphatic carbocycles. The average Bonchev–Trinajstić information content (AvgIpc) is 2.50. The van der Waals surface area contributed by atoms with Crippen molar-refractivity contribution in [3.05, 3.63) is 41.5 Å². The lowest BCUT2D eigenvalue weighted by molar-refractivity contribution is -0.143. The Morgan fingerprint density at radius 3 is 2.74 bits per heavy atom. The molecule has 0 saturated carbocycles. The number of alkyl halides is 3. The van der Waals surface area contributed by atoms with Gasteiger partial charge in [-0.3, -0.25) is 4.79 Å². The van der Waals surface area contributed by atoms with E-state index >= 15 is 0 Å². The highest BCUT2D eigenvalue weighted by Crippen LogP contribution is 2.29. The van der Waals surface area contributed by atoms with E-state index in [9.17, 15) is 22.8 Å². The Bertz CT molecular complexity index is 634. The van der Waals surface area contributed by atoms with Crippen molar-refractivity contribution in [3.63, 3.8) is 0 Å². The van der Waals surface area contributed by atoms with Crippen LogP contribution in [0.5, 0.6) is 0 Å². The van der Waals surface area contributed by atoms with Gasteiger partial charge in [0.25, 0.3) is 5.91 Å². The van der Waals surface area contributed by atoms with Gasteiger partial charge in [0.2, 0.25) is 0 Å². The van der Waals surface area contributed by atoms with Gasteiger partial charge in [0, 0.05) is 12.6 Å². The average molecular weight is 326 g/mol. The summed E-state index contributed by atoms with van der Waals surface area (Å²) in [6.07, 6.45) is -2.25. The second kappa shape index (κ2) is 8.58. The van der Waals surface area contributed by atoms with Crippen molar-refractivity contribution in [2.45, 2.75) is 12.6 Å².